The van der Waals surface area contributed by atoms with Crippen LogP contribution in [0.25, 0.3) is 0 Å². The average Bonchev–Trinajstić information content (AvgIpc) is 2.27. The second-order valence-corrected chi connectivity index (χ2v) is 4.88. The molecule has 0 atom stereocenters. The topological polar surface area (TPSA) is 40.5 Å². The molecule has 0 aromatic heterocycles. The van der Waals surface area contributed by atoms with Crippen molar-refractivity contribution in [2.24, 2.45) is 0 Å². The van der Waals surface area contributed by atoms with E-state index >= 15 is 0 Å². The first-order chi connectivity index (χ1) is 8.56. The molecule has 0 amide bonds. The minimum atomic E-state index is -4.44. The van der Waals surface area contributed by atoms with Crippen molar-refractivity contribution in [3.8, 4) is 0 Å². The van der Waals surface area contributed by atoms with Gasteiger partial charge in [-0.1, -0.05) is 18.2 Å². The van der Waals surface area contributed by atoms with E-state index in [1.807, 2.05) is 0 Å². The molecular weight excluding hydrogens is 259 g/mol. The number of hydrogen-bond donors (Lipinski definition) is 1. The quantitative estimate of drug-likeness (QED) is 0.918. The minimum Gasteiger partial charge on any atom is -0.480 e. The first-order valence-electron chi connectivity index (χ1n) is 5.66. The highest BCUT2D eigenvalue weighted by molar-refractivity contribution is 5.77. The lowest BCUT2D eigenvalue weighted by Gasteiger charge is -2.32. The Labute approximate surface area is 109 Å². The molecule has 0 saturated heterocycles. The normalized spacial score (nSPS) is 12.8. The lowest BCUT2D eigenvalue weighted by atomic mass is 10.0. The summed E-state index contributed by atoms with van der Waals surface area (Å²) in [5.41, 5.74) is -1.91. The van der Waals surface area contributed by atoms with Gasteiger partial charge in [0.25, 0.3) is 0 Å². The van der Waals surface area contributed by atoms with Crippen molar-refractivity contribution < 1.29 is 23.1 Å². The van der Waals surface area contributed by atoms with E-state index in [2.05, 4.69) is 0 Å². The molecule has 1 N–H and O–H groups in total. The highest BCUT2D eigenvalue weighted by Crippen LogP contribution is 2.32. The standard InChI is InChI=1S/C13H16F3NO2/c1-12(2,11(18)19)17(3)8-9-6-4-5-7-10(9)13(14,15)16/h4-7H,8H2,1-3H3,(H,18,19). The van der Waals surface area contributed by atoms with Crippen LogP contribution in [0.4, 0.5) is 13.2 Å². The van der Waals surface area contributed by atoms with Crippen LogP contribution >= 0.6 is 0 Å². The molecule has 3 nitrogen and oxygen atoms in total. The molecule has 106 valence electrons. The van der Waals surface area contributed by atoms with Crippen LogP contribution in [-0.2, 0) is 17.5 Å². The third-order valence-corrected chi connectivity index (χ3v) is 3.21. The summed E-state index contributed by atoms with van der Waals surface area (Å²) in [7, 11) is 1.49. The van der Waals surface area contributed by atoms with Gasteiger partial charge in [-0.15, -0.1) is 0 Å². The van der Waals surface area contributed by atoms with Gasteiger partial charge in [-0.25, -0.2) is 0 Å². The molecule has 0 spiro atoms. The average molecular weight is 275 g/mol. The molecule has 0 bridgehead atoms. The number of carboxylic acids is 1. The number of hydrogen-bond acceptors (Lipinski definition) is 2. The molecule has 0 unspecified atom stereocenters. The molecule has 19 heavy (non-hydrogen) atoms. The third-order valence-electron chi connectivity index (χ3n) is 3.21. The van der Waals surface area contributed by atoms with Crippen molar-refractivity contribution in [3.05, 3.63) is 35.4 Å². The zero-order chi connectivity index (χ0) is 14.8. The molecule has 1 rings (SSSR count). The van der Waals surface area contributed by atoms with Gasteiger partial charge in [0.2, 0.25) is 0 Å². The Morgan fingerprint density at radius 3 is 2.26 bits per heavy atom. The SMILES string of the molecule is CN(Cc1ccccc1C(F)(F)F)C(C)(C)C(=O)O. The third kappa shape index (κ3) is 3.47. The van der Waals surface area contributed by atoms with E-state index in [1.165, 1.54) is 44.0 Å². The fourth-order valence-electron chi connectivity index (χ4n) is 1.55. The Balaban J connectivity index is 3.04. The van der Waals surface area contributed by atoms with Crippen LogP contribution in [-0.4, -0.2) is 28.6 Å². The van der Waals surface area contributed by atoms with Crippen molar-refractivity contribution in [2.45, 2.75) is 32.1 Å². The molecule has 0 aliphatic rings. The zero-order valence-corrected chi connectivity index (χ0v) is 11.0. The monoisotopic (exact) mass is 275 g/mol. The fourth-order valence-corrected chi connectivity index (χ4v) is 1.55. The van der Waals surface area contributed by atoms with Crippen LogP contribution in [0, 0.1) is 0 Å². The zero-order valence-electron chi connectivity index (χ0n) is 11.0. The first kappa shape index (κ1) is 15.5. The van der Waals surface area contributed by atoms with Gasteiger partial charge in [-0.3, -0.25) is 9.69 Å². The second-order valence-electron chi connectivity index (χ2n) is 4.88. The molecule has 0 saturated carbocycles. The number of carbonyl (C=O) groups is 1. The molecule has 1 aromatic rings. The maximum atomic E-state index is 12.8. The number of benzene rings is 1. The van der Waals surface area contributed by atoms with Crippen LogP contribution in [0.2, 0.25) is 0 Å². The van der Waals surface area contributed by atoms with Crippen LogP contribution in [0.3, 0.4) is 0 Å². The number of likely N-dealkylation sites (N-methyl/N-ethyl adjacent to an activating group) is 1. The Morgan fingerprint density at radius 1 is 1.26 bits per heavy atom. The van der Waals surface area contributed by atoms with Gasteiger partial charge >= 0.3 is 12.1 Å². The van der Waals surface area contributed by atoms with E-state index in [0.29, 0.717) is 0 Å². The summed E-state index contributed by atoms with van der Waals surface area (Å²) in [5.74, 6) is -1.08. The van der Waals surface area contributed by atoms with Gasteiger partial charge in [0, 0.05) is 6.54 Å². The molecule has 0 heterocycles. The number of alkyl halides is 3. The summed E-state index contributed by atoms with van der Waals surface area (Å²) in [6.45, 7) is 2.81. The van der Waals surface area contributed by atoms with Crippen LogP contribution in [0.15, 0.2) is 24.3 Å². The Bertz CT molecular complexity index is 469. The highest BCUT2D eigenvalue weighted by atomic mass is 19.4. The first-order valence-corrected chi connectivity index (χ1v) is 5.66. The Hall–Kier alpha value is -1.56. The number of halogens is 3. The molecule has 0 fully saturated rings. The molecule has 6 heteroatoms. The van der Waals surface area contributed by atoms with Crippen molar-refractivity contribution in [2.75, 3.05) is 7.05 Å². The van der Waals surface area contributed by atoms with E-state index in [9.17, 15) is 18.0 Å². The van der Waals surface area contributed by atoms with E-state index in [0.717, 1.165) is 6.07 Å². The number of carboxylic acid groups (broad SMARTS) is 1. The van der Waals surface area contributed by atoms with Crippen molar-refractivity contribution in [1.29, 1.82) is 0 Å². The lowest BCUT2D eigenvalue weighted by Crippen LogP contribution is -2.47. The maximum Gasteiger partial charge on any atom is 0.416 e. The van der Waals surface area contributed by atoms with Gasteiger partial charge in [0.1, 0.15) is 5.54 Å². The largest absolute Gasteiger partial charge is 0.480 e. The van der Waals surface area contributed by atoms with Gasteiger partial charge in [-0.05, 0) is 32.5 Å². The van der Waals surface area contributed by atoms with E-state index in [-0.39, 0.29) is 12.1 Å². The van der Waals surface area contributed by atoms with Gasteiger partial charge < -0.3 is 5.11 Å². The van der Waals surface area contributed by atoms with Crippen LogP contribution in [0.5, 0.6) is 0 Å². The van der Waals surface area contributed by atoms with E-state index in [1.54, 1.807) is 0 Å². The number of nitrogens with zero attached hydrogens (tertiary/aromatic N) is 1. The molecule has 0 aliphatic carbocycles. The second kappa shape index (κ2) is 5.21. The van der Waals surface area contributed by atoms with E-state index in [4.69, 9.17) is 5.11 Å². The predicted octanol–water partition coefficient (Wildman–Crippen LogP) is 3.00. The molecule has 1 aromatic carbocycles. The van der Waals surface area contributed by atoms with Crippen LogP contribution < -0.4 is 0 Å². The summed E-state index contributed by atoms with van der Waals surface area (Å²) >= 11 is 0. The maximum absolute atomic E-state index is 12.8. The van der Waals surface area contributed by atoms with Crippen LogP contribution in [0.1, 0.15) is 25.0 Å². The smallest absolute Gasteiger partial charge is 0.416 e. The molecule has 0 radical (unpaired) electrons. The van der Waals surface area contributed by atoms with Gasteiger partial charge in [0.15, 0.2) is 0 Å². The van der Waals surface area contributed by atoms with Gasteiger partial charge in [0.05, 0.1) is 5.56 Å². The summed E-state index contributed by atoms with van der Waals surface area (Å²) in [5, 5.41) is 9.05. The summed E-state index contributed by atoms with van der Waals surface area (Å²) < 4.78 is 38.5. The predicted molar refractivity (Wildman–Crippen MR) is 64.6 cm³/mol. The minimum absolute atomic E-state index is 0.0619. The fraction of sp³-hybridized carbons (Fsp3) is 0.462. The van der Waals surface area contributed by atoms with E-state index < -0.39 is 23.2 Å². The lowest BCUT2D eigenvalue weighted by molar-refractivity contribution is -0.149. The van der Waals surface area contributed by atoms with Crippen molar-refractivity contribution >= 4 is 5.97 Å². The summed E-state index contributed by atoms with van der Waals surface area (Å²) in [6, 6.07) is 5.18. The summed E-state index contributed by atoms with van der Waals surface area (Å²) in [6.07, 6.45) is -4.44. The Morgan fingerprint density at radius 2 is 1.79 bits per heavy atom. The number of rotatable bonds is 4. The van der Waals surface area contributed by atoms with Crippen molar-refractivity contribution in [1.82, 2.24) is 4.90 Å². The molecule has 0 aliphatic heterocycles. The number of aliphatic carboxylic acids is 1. The Kier molecular flexibility index (Phi) is 4.25. The van der Waals surface area contributed by atoms with Gasteiger partial charge in [-0.2, -0.15) is 13.2 Å². The summed E-state index contributed by atoms with van der Waals surface area (Å²) in [4.78, 5) is 12.4. The molecular formula is C13H16F3NO2. The highest BCUT2D eigenvalue weighted by Gasteiger charge is 2.36. The van der Waals surface area contributed by atoms with Crippen molar-refractivity contribution in [3.63, 3.8) is 0 Å².